The topological polar surface area (TPSA) is 62.3 Å². The molecule has 0 spiro atoms. The van der Waals surface area contributed by atoms with Crippen molar-refractivity contribution < 1.29 is 9.59 Å². The van der Waals surface area contributed by atoms with Crippen LogP contribution in [-0.4, -0.2) is 33.3 Å². The number of carbonyl (C=O) groups is 2. The summed E-state index contributed by atoms with van der Waals surface area (Å²) < 4.78 is 0. The molecule has 2 atom stereocenters. The van der Waals surface area contributed by atoms with Crippen molar-refractivity contribution in [3.05, 3.63) is 16.6 Å². The fourth-order valence-electron chi connectivity index (χ4n) is 2.76. The number of carbonyl (C=O) groups excluding carboxylic acids is 2. The van der Waals surface area contributed by atoms with Gasteiger partial charge in [0, 0.05) is 11.1 Å². The molecule has 2 unspecified atom stereocenters. The SMILES string of the molecule is CCC1(C)NC(=O)C(C2CC2)N(Cc2cncs2)C1=O. The molecule has 5 nitrogen and oxygen atoms in total. The minimum Gasteiger partial charge on any atom is -0.340 e. The third-order valence-electron chi connectivity index (χ3n) is 4.32. The summed E-state index contributed by atoms with van der Waals surface area (Å²) in [4.78, 5) is 32.1. The van der Waals surface area contributed by atoms with Crippen molar-refractivity contribution in [1.29, 1.82) is 0 Å². The Labute approximate surface area is 122 Å². The van der Waals surface area contributed by atoms with E-state index in [1.165, 1.54) is 11.3 Å². The molecule has 2 amide bonds. The van der Waals surface area contributed by atoms with Crippen LogP contribution in [0.3, 0.4) is 0 Å². The predicted molar refractivity (Wildman–Crippen MR) is 76.0 cm³/mol. The second kappa shape index (κ2) is 4.84. The van der Waals surface area contributed by atoms with Crippen LogP contribution < -0.4 is 5.32 Å². The largest absolute Gasteiger partial charge is 0.340 e. The quantitative estimate of drug-likeness (QED) is 0.916. The number of rotatable bonds is 4. The number of amides is 2. The Morgan fingerprint density at radius 1 is 1.50 bits per heavy atom. The maximum atomic E-state index is 12.8. The highest BCUT2D eigenvalue weighted by molar-refractivity contribution is 7.09. The van der Waals surface area contributed by atoms with E-state index in [1.807, 2.05) is 13.8 Å². The Morgan fingerprint density at radius 2 is 2.25 bits per heavy atom. The first-order valence-electron chi connectivity index (χ1n) is 7.05. The van der Waals surface area contributed by atoms with Gasteiger partial charge in [-0.25, -0.2) is 0 Å². The van der Waals surface area contributed by atoms with Crippen LogP contribution in [0.4, 0.5) is 0 Å². The summed E-state index contributed by atoms with van der Waals surface area (Å²) in [6.45, 7) is 4.24. The van der Waals surface area contributed by atoms with Gasteiger partial charge in [0.2, 0.25) is 11.8 Å². The molecule has 2 aliphatic rings. The van der Waals surface area contributed by atoms with Crippen LogP contribution in [0.15, 0.2) is 11.7 Å². The zero-order valence-electron chi connectivity index (χ0n) is 11.8. The smallest absolute Gasteiger partial charge is 0.249 e. The molecular formula is C14H19N3O2S. The summed E-state index contributed by atoms with van der Waals surface area (Å²) in [5.41, 5.74) is 0.988. The molecule has 1 N–H and O–H groups in total. The monoisotopic (exact) mass is 293 g/mol. The fraction of sp³-hybridized carbons (Fsp3) is 0.643. The van der Waals surface area contributed by atoms with Crippen LogP contribution in [0.25, 0.3) is 0 Å². The summed E-state index contributed by atoms with van der Waals surface area (Å²) in [7, 11) is 0. The zero-order chi connectivity index (χ0) is 14.3. The van der Waals surface area contributed by atoms with Crippen LogP contribution in [0.5, 0.6) is 0 Å². The molecule has 0 radical (unpaired) electrons. The van der Waals surface area contributed by atoms with Crippen molar-refractivity contribution in [2.24, 2.45) is 5.92 Å². The Morgan fingerprint density at radius 3 is 2.80 bits per heavy atom. The second-order valence-electron chi connectivity index (χ2n) is 5.86. The average molecular weight is 293 g/mol. The van der Waals surface area contributed by atoms with Gasteiger partial charge in [-0.15, -0.1) is 11.3 Å². The van der Waals surface area contributed by atoms with Crippen LogP contribution in [0, 0.1) is 5.92 Å². The van der Waals surface area contributed by atoms with Crippen molar-refractivity contribution in [3.63, 3.8) is 0 Å². The number of nitrogens with one attached hydrogen (secondary N) is 1. The molecule has 2 heterocycles. The van der Waals surface area contributed by atoms with E-state index in [9.17, 15) is 9.59 Å². The van der Waals surface area contributed by atoms with E-state index >= 15 is 0 Å². The van der Waals surface area contributed by atoms with Gasteiger partial charge in [-0.2, -0.15) is 0 Å². The van der Waals surface area contributed by atoms with Gasteiger partial charge < -0.3 is 10.2 Å². The standard InChI is InChI=1S/C14H19N3O2S/c1-3-14(2)13(19)17(7-10-6-15-8-20-10)11(9-4-5-9)12(18)16-14/h6,8-9,11H,3-5,7H2,1-2H3,(H,16,18). The van der Waals surface area contributed by atoms with E-state index in [-0.39, 0.29) is 17.9 Å². The minimum absolute atomic E-state index is 0.000894. The number of hydrogen-bond donors (Lipinski definition) is 1. The first-order valence-corrected chi connectivity index (χ1v) is 7.93. The van der Waals surface area contributed by atoms with Gasteiger partial charge in [-0.05, 0) is 32.1 Å². The van der Waals surface area contributed by atoms with Gasteiger partial charge in [0.05, 0.1) is 12.1 Å². The lowest BCUT2D eigenvalue weighted by molar-refractivity contribution is -0.156. The number of hydrogen-bond acceptors (Lipinski definition) is 4. The van der Waals surface area contributed by atoms with E-state index in [0.717, 1.165) is 17.7 Å². The molecule has 1 aromatic heterocycles. The fourth-order valence-corrected chi connectivity index (χ4v) is 3.35. The lowest BCUT2D eigenvalue weighted by atomic mass is 9.90. The van der Waals surface area contributed by atoms with Gasteiger partial charge in [0.15, 0.2) is 0 Å². The number of aromatic nitrogens is 1. The van der Waals surface area contributed by atoms with Crippen molar-refractivity contribution >= 4 is 23.2 Å². The Kier molecular flexibility index (Phi) is 3.28. The van der Waals surface area contributed by atoms with Crippen molar-refractivity contribution in [3.8, 4) is 0 Å². The van der Waals surface area contributed by atoms with Crippen molar-refractivity contribution in [2.45, 2.75) is 51.2 Å². The third-order valence-corrected chi connectivity index (χ3v) is 5.09. The lowest BCUT2D eigenvalue weighted by Gasteiger charge is -2.44. The molecular weight excluding hydrogens is 274 g/mol. The van der Waals surface area contributed by atoms with E-state index in [0.29, 0.717) is 18.9 Å². The summed E-state index contributed by atoms with van der Waals surface area (Å²) in [6, 6.07) is -0.302. The predicted octanol–water partition coefficient (Wildman–Crippen LogP) is 1.55. The van der Waals surface area contributed by atoms with Crippen LogP contribution >= 0.6 is 11.3 Å². The maximum absolute atomic E-state index is 12.8. The summed E-state index contributed by atoms with van der Waals surface area (Å²) in [6.07, 6.45) is 4.45. The van der Waals surface area contributed by atoms with E-state index in [4.69, 9.17) is 0 Å². The lowest BCUT2D eigenvalue weighted by Crippen LogP contribution is -2.69. The maximum Gasteiger partial charge on any atom is 0.249 e. The van der Waals surface area contributed by atoms with Crippen molar-refractivity contribution in [1.82, 2.24) is 15.2 Å². The summed E-state index contributed by atoms with van der Waals surface area (Å²) >= 11 is 1.53. The van der Waals surface area contributed by atoms with Crippen molar-refractivity contribution in [2.75, 3.05) is 0 Å². The summed E-state index contributed by atoms with van der Waals surface area (Å²) in [5.74, 6) is 0.360. The molecule has 1 aliphatic heterocycles. The minimum atomic E-state index is -0.771. The molecule has 108 valence electrons. The van der Waals surface area contributed by atoms with Gasteiger partial charge in [0.25, 0.3) is 0 Å². The van der Waals surface area contributed by atoms with Crippen LogP contribution in [0.1, 0.15) is 38.0 Å². The third kappa shape index (κ3) is 2.22. The second-order valence-corrected chi connectivity index (χ2v) is 6.83. The van der Waals surface area contributed by atoms with Gasteiger partial charge in [-0.1, -0.05) is 6.92 Å². The van der Waals surface area contributed by atoms with E-state index in [1.54, 1.807) is 16.6 Å². The molecule has 1 saturated carbocycles. The summed E-state index contributed by atoms with van der Waals surface area (Å²) in [5, 5.41) is 2.93. The van der Waals surface area contributed by atoms with Gasteiger partial charge >= 0.3 is 0 Å². The molecule has 3 rings (SSSR count). The highest BCUT2D eigenvalue weighted by Gasteiger charge is 2.51. The molecule has 0 aromatic carbocycles. The number of thiazole rings is 1. The van der Waals surface area contributed by atoms with Gasteiger partial charge in [-0.3, -0.25) is 14.6 Å². The zero-order valence-corrected chi connectivity index (χ0v) is 12.6. The van der Waals surface area contributed by atoms with Crippen LogP contribution in [0.2, 0.25) is 0 Å². The van der Waals surface area contributed by atoms with Gasteiger partial charge in [0.1, 0.15) is 11.6 Å². The molecule has 0 bridgehead atoms. The van der Waals surface area contributed by atoms with E-state index < -0.39 is 5.54 Å². The molecule has 20 heavy (non-hydrogen) atoms. The highest BCUT2D eigenvalue weighted by Crippen LogP contribution is 2.39. The molecule has 1 aliphatic carbocycles. The Balaban J connectivity index is 1.90. The first-order chi connectivity index (χ1) is 9.55. The first kappa shape index (κ1) is 13.5. The number of nitrogens with zero attached hydrogens (tertiary/aromatic N) is 2. The molecule has 2 fully saturated rings. The number of piperazine rings is 1. The molecule has 1 aromatic rings. The highest BCUT2D eigenvalue weighted by atomic mass is 32.1. The molecule has 6 heteroatoms. The van der Waals surface area contributed by atoms with E-state index in [2.05, 4.69) is 10.3 Å². The Hall–Kier alpha value is -1.43. The molecule has 1 saturated heterocycles. The normalized spacial score (nSPS) is 30.5. The average Bonchev–Trinajstić information content (AvgIpc) is 3.12. The Bertz CT molecular complexity index is 527. The van der Waals surface area contributed by atoms with Crippen LogP contribution in [-0.2, 0) is 16.1 Å².